The zero-order valence-electron chi connectivity index (χ0n) is 22.1. The van der Waals surface area contributed by atoms with E-state index in [4.69, 9.17) is 9.47 Å². The molecule has 1 aromatic rings. The maximum absolute atomic E-state index is 14.7. The molecule has 0 spiro atoms. The Kier molecular flexibility index (Phi) is 7.36. The average Bonchev–Trinajstić information content (AvgIpc) is 3.34. The van der Waals surface area contributed by atoms with Crippen LogP contribution in [0, 0.1) is 23.0 Å². The molecule has 3 heterocycles. The van der Waals surface area contributed by atoms with Crippen molar-refractivity contribution in [2.45, 2.75) is 84.2 Å². The quantitative estimate of drug-likeness (QED) is 0.662. The van der Waals surface area contributed by atoms with Crippen LogP contribution in [0.15, 0.2) is 18.2 Å². The van der Waals surface area contributed by atoms with Crippen molar-refractivity contribution in [2.75, 3.05) is 26.2 Å². The minimum Gasteiger partial charge on any atom is -0.444 e. The predicted molar refractivity (Wildman–Crippen MR) is 131 cm³/mol. The van der Waals surface area contributed by atoms with E-state index in [-0.39, 0.29) is 23.6 Å². The number of carbonyl (C=O) groups is 2. The number of halogens is 2. The summed E-state index contributed by atoms with van der Waals surface area (Å²) in [6.07, 6.45) is 0.0170. The smallest absolute Gasteiger partial charge is 0.407 e. The Balaban J connectivity index is 1.52. The molecule has 0 aromatic heterocycles. The van der Waals surface area contributed by atoms with Crippen LogP contribution < -0.4 is 5.32 Å². The fourth-order valence-corrected chi connectivity index (χ4v) is 5.77. The lowest BCUT2D eigenvalue weighted by Crippen LogP contribution is -2.54. The van der Waals surface area contributed by atoms with Crippen molar-refractivity contribution in [3.8, 4) is 0 Å². The van der Waals surface area contributed by atoms with Crippen molar-refractivity contribution in [3.05, 3.63) is 35.4 Å². The molecular formula is C27H39F2N3O4. The third-order valence-corrected chi connectivity index (χ3v) is 7.31. The molecule has 3 aliphatic rings. The van der Waals surface area contributed by atoms with Gasteiger partial charge in [0.1, 0.15) is 23.3 Å². The van der Waals surface area contributed by atoms with Crippen LogP contribution >= 0.6 is 0 Å². The molecule has 1 N–H and O–H groups in total. The van der Waals surface area contributed by atoms with E-state index in [9.17, 15) is 18.4 Å². The molecule has 0 aliphatic carbocycles. The zero-order chi connectivity index (χ0) is 26.4. The summed E-state index contributed by atoms with van der Waals surface area (Å²) >= 11 is 0. The summed E-state index contributed by atoms with van der Waals surface area (Å²) in [5, 5.41) is 2.86. The molecule has 200 valence electrons. The largest absolute Gasteiger partial charge is 0.444 e. The van der Waals surface area contributed by atoms with Gasteiger partial charge in [-0.05, 0) is 64.3 Å². The van der Waals surface area contributed by atoms with Gasteiger partial charge in [0.15, 0.2) is 0 Å². The highest BCUT2D eigenvalue weighted by Crippen LogP contribution is 2.39. The van der Waals surface area contributed by atoms with Crippen molar-refractivity contribution >= 4 is 12.0 Å². The molecule has 4 rings (SSSR count). The molecule has 0 bridgehead atoms. The topological polar surface area (TPSA) is 71.1 Å². The van der Waals surface area contributed by atoms with E-state index in [2.05, 4.69) is 10.2 Å². The molecule has 0 radical (unpaired) electrons. The first-order valence-electron chi connectivity index (χ1n) is 12.8. The highest BCUT2D eigenvalue weighted by Gasteiger charge is 2.48. The Morgan fingerprint density at radius 2 is 1.83 bits per heavy atom. The lowest BCUT2D eigenvalue weighted by molar-refractivity contribution is -0.138. The lowest BCUT2D eigenvalue weighted by Gasteiger charge is -2.42. The summed E-state index contributed by atoms with van der Waals surface area (Å²) in [4.78, 5) is 29.9. The van der Waals surface area contributed by atoms with Crippen LogP contribution in [0.25, 0.3) is 0 Å². The second kappa shape index (κ2) is 9.89. The second-order valence-electron chi connectivity index (χ2n) is 12.4. The van der Waals surface area contributed by atoms with Gasteiger partial charge in [0, 0.05) is 36.2 Å². The van der Waals surface area contributed by atoms with Crippen molar-refractivity contribution < 1.29 is 27.8 Å². The Hall–Kier alpha value is -2.26. The van der Waals surface area contributed by atoms with E-state index in [1.54, 1.807) is 20.8 Å². The number of likely N-dealkylation sites (tertiary alicyclic amines) is 2. The highest BCUT2D eigenvalue weighted by atomic mass is 19.1. The normalized spacial score (nSPS) is 29.2. The summed E-state index contributed by atoms with van der Waals surface area (Å²) in [7, 11) is 0. The molecule has 7 nitrogen and oxygen atoms in total. The van der Waals surface area contributed by atoms with E-state index >= 15 is 0 Å². The molecule has 3 aliphatic heterocycles. The van der Waals surface area contributed by atoms with E-state index in [1.165, 1.54) is 0 Å². The Morgan fingerprint density at radius 1 is 1.11 bits per heavy atom. The van der Waals surface area contributed by atoms with E-state index < -0.39 is 40.9 Å². The highest BCUT2D eigenvalue weighted by molar-refractivity contribution is 5.81. The lowest BCUT2D eigenvalue weighted by atomic mass is 9.92. The number of alkyl carbamates (subject to hydrolysis) is 1. The van der Waals surface area contributed by atoms with E-state index in [0.29, 0.717) is 25.5 Å². The van der Waals surface area contributed by atoms with Gasteiger partial charge in [-0.2, -0.15) is 0 Å². The number of ether oxygens (including phenoxy) is 2. The Morgan fingerprint density at radius 3 is 2.50 bits per heavy atom. The van der Waals surface area contributed by atoms with Gasteiger partial charge in [0.05, 0.1) is 12.6 Å². The monoisotopic (exact) mass is 507 g/mol. The van der Waals surface area contributed by atoms with Gasteiger partial charge in [-0.3, -0.25) is 9.69 Å². The van der Waals surface area contributed by atoms with Gasteiger partial charge in [0.25, 0.3) is 0 Å². The minimum absolute atomic E-state index is 0.0301. The van der Waals surface area contributed by atoms with Gasteiger partial charge in [-0.1, -0.05) is 20.8 Å². The molecule has 9 heteroatoms. The van der Waals surface area contributed by atoms with Gasteiger partial charge >= 0.3 is 6.09 Å². The first-order valence-corrected chi connectivity index (χ1v) is 12.8. The predicted octanol–water partition coefficient (Wildman–Crippen LogP) is 4.27. The second-order valence-corrected chi connectivity index (χ2v) is 12.4. The molecule has 5 atom stereocenters. The number of benzene rings is 1. The third-order valence-electron chi connectivity index (χ3n) is 7.31. The summed E-state index contributed by atoms with van der Waals surface area (Å²) < 4.78 is 40.3. The fourth-order valence-electron chi connectivity index (χ4n) is 5.77. The number of nitrogens with one attached hydrogen (secondary N) is 1. The first kappa shape index (κ1) is 26.8. The van der Waals surface area contributed by atoms with Gasteiger partial charge in [0.2, 0.25) is 5.91 Å². The van der Waals surface area contributed by atoms with Crippen LogP contribution in [0.1, 0.15) is 66.1 Å². The maximum Gasteiger partial charge on any atom is 0.407 e. The van der Waals surface area contributed by atoms with E-state index in [0.717, 1.165) is 37.7 Å². The molecular weight excluding hydrogens is 468 g/mol. The first-order chi connectivity index (χ1) is 16.7. The van der Waals surface area contributed by atoms with Crippen molar-refractivity contribution in [2.24, 2.45) is 11.3 Å². The Labute approximate surface area is 212 Å². The minimum atomic E-state index is -0.842. The number of carbonyl (C=O) groups excluding carboxylic acids is 2. The summed E-state index contributed by atoms with van der Waals surface area (Å²) in [6.45, 7) is 13.7. The van der Waals surface area contributed by atoms with Gasteiger partial charge in [-0.25, -0.2) is 13.6 Å². The zero-order valence-corrected chi connectivity index (χ0v) is 22.1. The molecule has 0 unspecified atom stereocenters. The number of fused-ring (bicyclic) bond motifs is 1. The van der Waals surface area contributed by atoms with Crippen LogP contribution in [0.2, 0.25) is 0 Å². The SMILES string of the molecule is CC(C)(C)OC(=O)N[C@H]1C[C@@H](N2CC[C@H]3CN(C(=O)C(C)(C)C)C[C@H]32)CO[C@@H]1c1cc(F)ccc1F. The van der Waals surface area contributed by atoms with Crippen LogP contribution in [0.4, 0.5) is 13.6 Å². The molecule has 2 amide bonds. The van der Waals surface area contributed by atoms with E-state index in [1.807, 2.05) is 25.7 Å². The van der Waals surface area contributed by atoms with Crippen molar-refractivity contribution in [1.29, 1.82) is 0 Å². The van der Waals surface area contributed by atoms with Crippen LogP contribution in [0.3, 0.4) is 0 Å². The number of hydrogen-bond donors (Lipinski definition) is 1. The molecule has 1 aromatic carbocycles. The number of nitrogens with zero attached hydrogens (tertiary/aromatic N) is 2. The summed E-state index contributed by atoms with van der Waals surface area (Å²) in [6, 6.07) is 2.85. The molecule has 0 saturated carbocycles. The summed E-state index contributed by atoms with van der Waals surface area (Å²) in [5.74, 6) is -0.593. The van der Waals surface area contributed by atoms with Crippen LogP contribution in [-0.4, -0.2) is 71.8 Å². The van der Waals surface area contributed by atoms with Gasteiger partial charge in [-0.15, -0.1) is 0 Å². The summed E-state index contributed by atoms with van der Waals surface area (Å²) in [5.41, 5.74) is -1.05. The average molecular weight is 508 g/mol. The van der Waals surface area contributed by atoms with Gasteiger partial charge < -0.3 is 19.7 Å². The van der Waals surface area contributed by atoms with Crippen molar-refractivity contribution in [1.82, 2.24) is 15.1 Å². The number of rotatable bonds is 3. The fraction of sp³-hybridized carbons (Fsp3) is 0.704. The molecule has 3 fully saturated rings. The molecule has 3 saturated heterocycles. The van der Waals surface area contributed by atoms with Crippen molar-refractivity contribution in [3.63, 3.8) is 0 Å². The molecule has 36 heavy (non-hydrogen) atoms. The number of amides is 2. The third kappa shape index (κ3) is 5.83. The standard InChI is InChI=1S/C27H39F2N3O4/c1-26(2,3)24(33)31-13-16-9-10-32(22(16)14-31)18-12-21(30-25(34)36-27(4,5)6)23(35-15-18)19-11-17(28)7-8-20(19)29/h7-8,11,16,18,21-23H,9-10,12-15H2,1-6H3,(H,30,34)/t16-,18+,21-,22+,23+/m0/s1. The maximum atomic E-state index is 14.7. The van der Waals surface area contributed by atoms with Crippen LogP contribution in [-0.2, 0) is 14.3 Å². The number of hydrogen-bond acceptors (Lipinski definition) is 5. The van der Waals surface area contributed by atoms with Crippen LogP contribution in [0.5, 0.6) is 0 Å². The Bertz CT molecular complexity index is 990.